The average Bonchev–Trinajstić information content (AvgIpc) is 1.52. The summed E-state index contributed by atoms with van der Waals surface area (Å²) in [7, 11) is 0. The summed E-state index contributed by atoms with van der Waals surface area (Å²) in [6.45, 7) is 0. The molecule has 19 aromatic rings. The van der Waals surface area contributed by atoms with Gasteiger partial charge in [-0.1, -0.05) is 376 Å². The lowest BCUT2D eigenvalue weighted by Crippen LogP contribution is -2.26. The quantitative estimate of drug-likeness (QED) is 0.113. The fourth-order valence-electron chi connectivity index (χ4n) is 20.7. The van der Waals surface area contributed by atoms with E-state index in [-0.39, 0.29) is 0 Å². The number of anilines is 6. The fraction of sp³-hybridized carbons (Fsp3) is 0.0179. The van der Waals surface area contributed by atoms with Crippen molar-refractivity contribution < 1.29 is 0 Å². The maximum atomic E-state index is 2.56. The monoisotopic (exact) mass is 1440 g/mol. The van der Waals surface area contributed by atoms with Crippen molar-refractivity contribution in [3.8, 4) is 111 Å². The molecule has 114 heavy (non-hydrogen) atoms. The first-order chi connectivity index (χ1) is 56.6. The summed E-state index contributed by atoms with van der Waals surface area (Å²) in [5, 5.41) is 4.48. The molecule has 0 saturated carbocycles. The highest BCUT2D eigenvalue weighted by Crippen LogP contribution is 2.68. The van der Waals surface area contributed by atoms with Gasteiger partial charge in [-0.25, -0.2) is 0 Å². The summed E-state index contributed by atoms with van der Waals surface area (Å²) < 4.78 is 0. The molecule has 0 heterocycles. The van der Waals surface area contributed by atoms with Crippen LogP contribution in [0.3, 0.4) is 0 Å². The number of hydrogen-bond donors (Lipinski definition) is 0. The lowest BCUT2D eigenvalue weighted by Gasteiger charge is -2.32. The Labute approximate surface area is 664 Å². The minimum atomic E-state index is -0.559. The van der Waals surface area contributed by atoms with E-state index < -0.39 is 10.8 Å². The molecule has 2 heteroatoms. The summed E-state index contributed by atoms with van der Waals surface area (Å²) in [6, 6.07) is 165. The Hall–Kier alpha value is -14.7. The first kappa shape index (κ1) is 65.2. The first-order valence-corrected chi connectivity index (χ1v) is 39.7. The van der Waals surface area contributed by atoms with E-state index in [4.69, 9.17) is 0 Å². The number of benzene rings is 19. The van der Waals surface area contributed by atoms with Gasteiger partial charge in [0.2, 0.25) is 0 Å². The Morgan fingerprint density at radius 3 is 0.684 bits per heavy atom. The van der Waals surface area contributed by atoms with Crippen molar-refractivity contribution in [1.29, 1.82) is 0 Å². The minimum Gasteiger partial charge on any atom is -0.310 e. The molecule has 0 atom stereocenters. The van der Waals surface area contributed by atoms with Gasteiger partial charge in [0.25, 0.3) is 0 Å². The van der Waals surface area contributed by atoms with Crippen LogP contribution in [0.2, 0.25) is 0 Å². The van der Waals surface area contributed by atoms with Gasteiger partial charge < -0.3 is 9.80 Å². The molecule has 2 nitrogen and oxygen atoms in total. The molecule has 0 radical (unpaired) electrons. The number of nitrogens with zero attached hydrogens (tertiary/aromatic N) is 2. The second kappa shape index (κ2) is 26.0. The maximum absolute atomic E-state index is 2.56. The van der Waals surface area contributed by atoms with Crippen molar-refractivity contribution in [3.63, 3.8) is 0 Å². The van der Waals surface area contributed by atoms with E-state index in [1.165, 1.54) is 89.0 Å². The number of para-hydroxylation sites is 2. The molecule has 4 aliphatic rings. The van der Waals surface area contributed by atoms with Crippen molar-refractivity contribution >= 4 is 55.7 Å². The lowest BCUT2D eigenvalue weighted by atomic mass is 9.70. The summed E-state index contributed by atoms with van der Waals surface area (Å²) in [5.41, 5.74) is 39.5. The fourth-order valence-corrected chi connectivity index (χ4v) is 20.7. The van der Waals surface area contributed by atoms with Gasteiger partial charge in [0.05, 0.1) is 22.2 Å². The second-order valence-corrected chi connectivity index (χ2v) is 30.6. The molecule has 0 saturated heterocycles. The zero-order valence-electron chi connectivity index (χ0n) is 62.5. The van der Waals surface area contributed by atoms with Crippen molar-refractivity contribution in [3.05, 3.63) is 481 Å². The molecule has 0 aliphatic heterocycles. The van der Waals surface area contributed by atoms with E-state index in [9.17, 15) is 0 Å². The van der Waals surface area contributed by atoms with Crippen LogP contribution in [-0.4, -0.2) is 0 Å². The SMILES string of the molecule is c1ccc(-c2cccc(-c3ccccc3)c2-c2c3ccc(N(c4ccccc4)c4cccc5c4-c4ccccc4C54c5ccccc5-c5ccccc54)cc3c(-c3c(-c4ccccc4)cccc3-c3ccccc3)c3ccc(N(c4ccccc4)c4cccc5c4-c4ccccc4C54c5ccccc5-c5ccccc54)cc23)cc1. The molecule has 530 valence electrons. The Bertz CT molecular complexity index is 6450. The molecular weight excluding hydrogens is 1370 g/mol. The van der Waals surface area contributed by atoms with Gasteiger partial charge in [-0.3, -0.25) is 0 Å². The average molecular weight is 1450 g/mol. The van der Waals surface area contributed by atoms with Crippen molar-refractivity contribution in [2.24, 2.45) is 0 Å². The van der Waals surface area contributed by atoms with Gasteiger partial charge in [-0.05, 0) is 227 Å². The standard InChI is InChI=1S/C112H72N2/c1-7-35-73(36-8-1)81-53-31-54-82(74-37-9-2-10-38-74)105(81)107-89-69-67-80(114(78-45-17-6-18-46-78)104-66-34-64-102-110(104)92-52-24-30-62-100(92)112(102)97-59-27-21-49-87(97)88-50-22-28-60-98(88)112)72-94(89)108(106-83(75-39-11-3-12-40-75)55-32-56-84(106)76-41-13-4-14-42-76)90-70-68-79(71-93(90)107)113(77-43-15-5-16-44-77)103-65-33-63-101-109(103)91-51-23-29-61-99(91)111(101)95-57-25-19-47-85(95)86-48-20-26-58-96(86)111/h1-72H. The molecule has 0 aromatic heterocycles. The van der Waals surface area contributed by atoms with Crippen LogP contribution in [0.5, 0.6) is 0 Å². The van der Waals surface area contributed by atoms with Crippen LogP contribution in [-0.2, 0) is 10.8 Å². The largest absolute Gasteiger partial charge is 0.310 e. The molecule has 4 aliphatic carbocycles. The Morgan fingerprint density at radius 2 is 0.377 bits per heavy atom. The van der Waals surface area contributed by atoms with E-state index >= 15 is 0 Å². The summed E-state index contributed by atoms with van der Waals surface area (Å²) >= 11 is 0. The molecule has 0 fully saturated rings. The molecular formula is C112H72N2. The van der Waals surface area contributed by atoms with E-state index in [0.717, 1.165) is 122 Å². The number of fused-ring (bicyclic) bond motifs is 22. The van der Waals surface area contributed by atoms with Crippen LogP contribution in [0, 0.1) is 0 Å². The third-order valence-corrected chi connectivity index (χ3v) is 25.1. The molecule has 19 aromatic carbocycles. The Morgan fingerprint density at radius 1 is 0.140 bits per heavy atom. The summed E-state index contributed by atoms with van der Waals surface area (Å²) in [5.74, 6) is 0. The highest BCUT2D eigenvalue weighted by Gasteiger charge is 2.54. The zero-order chi connectivity index (χ0) is 75.0. The Balaban J connectivity index is 0.870. The highest BCUT2D eigenvalue weighted by atomic mass is 15.2. The minimum absolute atomic E-state index is 0.559. The van der Waals surface area contributed by atoms with Gasteiger partial charge in [0, 0.05) is 33.9 Å². The molecule has 0 amide bonds. The number of rotatable bonds is 12. The smallest absolute Gasteiger partial charge is 0.0726 e. The second-order valence-electron chi connectivity index (χ2n) is 30.6. The molecule has 2 spiro atoms. The topological polar surface area (TPSA) is 6.48 Å². The maximum Gasteiger partial charge on any atom is 0.0726 e. The van der Waals surface area contributed by atoms with E-state index in [1.54, 1.807) is 0 Å². The van der Waals surface area contributed by atoms with E-state index in [2.05, 4.69) is 447 Å². The van der Waals surface area contributed by atoms with Crippen LogP contribution < -0.4 is 9.80 Å². The summed E-state index contributed by atoms with van der Waals surface area (Å²) in [6.07, 6.45) is 0. The van der Waals surface area contributed by atoms with Crippen molar-refractivity contribution in [2.45, 2.75) is 10.8 Å². The first-order valence-electron chi connectivity index (χ1n) is 39.7. The normalized spacial score (nSPS) is 13.1. The van der Waals surface area contributed by atoms with Crippen molar-refractivity contribution in [1.82, 2.24) is 0 Å². The third kappa shape index (κ3) is 9.43. The zero-order valence-corrected chi connectivity index (χ0v) is 62.5. The molecule has 0 unspecified atom stereocenters. The van der Waals surface area contributed by atoms with Gasteiger partial charge in [0.15, 0.2) is 0 Å². The van der Waals surface area contributed by atoms with Crippen LogP contribution in [0.25, 0.3) is 133 Å². The van der Waals surface area contributed by atoms with Gasteiger partial charge in [-0.15, -0.1) is 0 Å². The number of hydrogen-bond acceptors (Lipinski definition) is 2. The van der Waals surface area contributed by atoms with Crippen molar-refractivity contribution in [2.75, 3.05) is 9.80 Å². The molecule has 23 rings (SSSR count). The van der Waals surface area contributed by atoms with Crippen LogP contribution in [0.1, 0.15) is 44.5 Å². The van der Waals surface area contributed by atoms with Crippen LogP contribution in [0.4, 0.5) is 34.1 Å². The Kier molecular flexibility index (Phi) is 14.9. The van der Waals surface area contributed by atoms with Gasteiger partial charge in [0.1, 0.15) is 0 Å². The van der Waals surface area contributed by atoms with Gasteiger partial charge in [-0.2, -0.15) is 0 Å². The van der Waals surface area contributed by atoms with Crippen LogP contribution >= 0.6 is 0 Å². The third-order valence-electron chi connectivity index (χ3n) is 25.1. The lowest BCUT2D eigenvalue weighted by molar-refractivity contribution is 0.794. The van der Waals surface area contributed by atoms with Gasteiger partial charge >= 0.3 is 0 Å². The van der Waals surface area contributed by atoms with E-state index in [1.807, 2.05) is 0 Å². The molecule has 0 N–H and O–H groups in total. The summed E-state index contributed by atoms with van der Waals surface area (Å²) in [4.78, 5) is 5.13. The predicted molar refractivity (Wildman–Crippen MR) is 476 cm³/mol. The predicted octanol–water partition coefficient (Wildman–Crippen LogP) is 29.6. The highest BCUT2D eigenvalue weighted by molar-refractivity contribution is 6.27. The molecule has 0 bridgehead atoms. The van der Waals surface area contributed by atoms with Crippen LogP contribution in [0.15, 0.2) is 437 Å². The van der Waals surface area contributed by atoms with E-state index in [0.29, 0.717) is 0 Å².